The normalized spacial score (nSPS) is 37.3. The number of ether oxygens (including phenoxy) is 3. The third kappa shape index (κ3) is 6.69. The highest BCUT2D eigenvalue weighted by Crippen LogP contribution is 2.60. The molecule has 1 aliphatic carbocycles. The van der Waals surface area contributed by atoms with E-state index in [1.165, 1.54) is 0 Å². The lowest BCUT2D eigenvalue weighted by Crippen LogP contribution is -2.70. The fraction of sp³-hybridized carbons (Fsp3) is 0.857. The molecule has 2 amide bonds. The Morgan fingerprint density at radius 1 is 1.02 bits per heavy atom. The Hall–Kier alpha value is -1.93. The summed E-state index contributed by atoms with van der Waals surface area (Å²) < 4.78 is 18.3. The monoisotopic (exact) mass is 600 g/mol. The minimum absolute atomic E-state index is 0.00612. The Balaban J connectivity index is 1.35. The number of fused-ring (bicyclic) bond motifs is 2. The van der Waals surface area contributed by atoms with E-state index in [-0.39, 0.29) is 42.3 Å². The molecule has 12 nitrogen and oxygen atoms in total. The van der Waals surface area contributed by atoms with Crippen LogP contribution >= 0.6 is 12.6 Å². The van der Waals surface area contributed by atoms with Crippen molar-refractivity contribution in [2.24, 2.45) is 29.6 Å². The first kappa shape index (κ1) is 32.0. The Morgan fingerprint density at radius 3 is 2.41 bits per heavy atom. The zero-order valence-electron chi connectivity index (χ0n) is 24.4. The molecule has 4 heterocycles. The van der Waals surface area contributed by atoms with E-state index in [1.54, 1.807) is 0 Å². The molecule has 3 N–H and O–H groups in total. The van der Waals surface area contributed by atoms with Crippen molar-refractivity contribution in [2.45, 2.75) is 116 Å². The van der Waals surface area contributed by atoms with Crippen molar-refractivity contribution in [3.8, 4) is 0 Å². The number of carboxylic acids is 1. The van der Waals surface area contributed by atoms with E-state index >= 15 is 0 Å². The van der Waals surface area contributed by atoms with Gasteiger partial charge in [0, 0.05) is 30.4 Å². The van der Waals surface area contributed by atoms with Gasteiger partial charge in [0.25, 0.3) is 0 Å². The summed E-state index contributed by atoms with van der Waals surface area (Å²) in [5.41, 5.74) is -0.769. The highest BCUT2D eigenvalue weighted by Gasteiger charge is 2.69. The number of carbonyl (C=O) groups excluding carboxylic acids is 3. The molecule has 10 atom stereocenters. The van der Waals surface area contributed by atoms with Crippen molar-refractivity contribution in [1.29, 1.82) is 0 Å². The molecule has 1 spiro atoms. The number of hydrogen-bond donors (Lipinski definition) is 4. The number of amides is 2. The highest BCUT2D eigenvalue weighted by molar-refractivity contribution is 7.80. The predicted molar refractivity (Wildman–Crippen MR) is 147 cm³/mol. The topological polar surface area (TPSA) is 159 Å². The van der Waals surface area contributed by atoms with Gasteiger partial charge in [-0.15, -0.1) is 0 Å². The first-order valence-electron chi connectivity index (χ1n) is 14.6. The van der Waals surface area contributed by atoms with Gasteiger partial charge in [0.15, 0.2) is 11.9 Å². The molecule has 0 aromatic carbocycles. The quantitative estimate of drug-likeness (QED) is 0.158. The van der Waals surface area contributed by atoms with E-state index in [1.807, 2.05) is 27.7 Å². The number of carboxylic acid groups (broad SMARTS) is 1. The van der Waals surface area contributed by atoms with E-state index < -0.39 is 59.8 Å². The molecule has 5 rings (SSSR count). The molecule has 0 aromatic heterocycles. The van der Waals surface area contributed by atoms with Crippen LogP contribution in [0.25, 0.3) is 0 Å². The molecule has 13 heteroatoms. The van der Waals surface area contributed by atoms with Crippen LogP contribution in [0.5, 0.6) is 0 Å². The van der Waals surface area contributed by atoms with Crippen LogP contribution in [0.4, 0.5) is 0 Å². The molecular weight excluding hydrogens is 556 g/mol. The van der Waals surface area contributed by atoms with Gasteiger partial charge in [-0.1, -0.05) is 27.7 Å². The molecule has 5 aliphatic rings. The van der Waals surface area contributed by atoms with E-state index in [0.29, 0.717) is 18.8 Å². The maximum absolute atomic E-state index is 12.9. The van der Waals surface area contributed by atoms with Crippen molar-refractivity contribution in [2.75, 3.05) is 5.75 Å². The van der Waals surface area contributed by atoms with Crippen LogP contribution in [0.3, 0.4) is 0 Å². The Morgan fingerprint density at radius 2 is 1.76 bits per heavy atom. The third-order valence-corrected chi connectivity index (χ3v) is 9.42. The van der Waals surface area contributed by atoms with E-state index in [2.05, 4.69) is 30.2 Å². The number of aliphatic carboxylic acids is 1. The van der Waals surface area contributed by atoms with Crippen molar-refractivity contribution >= 4 is 36.4 Å². The minimum atomic E-state index is -1.22. The van der Waals surface area contributed by atoms with Gasteiger partial charge in [-0.25, -0.2) is 14.6 Å². The molecule has 4 saturated heterocycles. The summed E-state index contributed by atoms with van der Waals surface area (Å²) in [6.45, 7) is 9.77. The third-order valence-electron chi connectivity index (χ3n) is 9.06. The number of carbonyl (C=O) groups is 4. The summed E-state index contributed by atoms with van der Waals surface area (Å²) in [6, 6.07) is -2.13. The summed E-state index contributed by atoms with van der Waals surface area (Å²) in [6.07, 6.45) is 1.67. The summed E-state index contributed by atoms with van der Waals surface area (Å²) >= 11 is 3.96. The van der Waals surface area contributed by atoms with Crippen LogP contribution in [-0.2, 0) is 43.2 Å². The van der Waals surface area contributed by atoms with Gasteiger partial charge in [-0.05, 0) is 50.4 Å². The fourth-order valence-corrected chi connectivity index (χ4v) is 7.09. The van der Waals surface area contributed by atoms with Crippen molar-refractivity contribution < 1.29 is 48.3 Å². The summed E-state index contributed by atoms with van der Waals surface area (Å²) in [5.74, 6) is -3.57. The maximum Gasteiger partial charge on any atom is 0.327 e. The zero-order chi connectivity index (χ0) is 30.1. The van der Waals surface area contributed by atoms with E-state index in [0.717, 1.165) is 19.3 Å². The number of rotatable bonds is 11. The van der Waals surface area contributed by atoms with Gasteiger partial charge in [-0.2, -0.15) is 12.6 Å². The van der Waals surface area contributed by atoms with Crippen LogP contribution < -0.4 is 10.6 Å². The SMILES string of the molecule is CC(C)C[C@H](NC(=O)CCC(=O)O[C@@H]1O[C@H]2O[C@]3(C)CC[C@H]4[C@H](C)CC[C@@H]([C@H]1C)[C@@]24OO3)C(=O)N[C@@H](CS)C(=O)O. The van der Waals surface area contributed by atoms with Crippen LogP contribution in [0, 0.1) is 29.6 Å². The van der Waals surface area contributed by atoms with Crippen molar-refractivity contribution in [3.63, 3.8) is 0 Å². The van der Waals surface area contributed by atoms with Gasteiger partial charge in [0.05, 0.1) is 6.42 Å². The van der Waals surface area contributed by atoms with Crippen LogP contribution in [0.2, 0.25) is 0 Å². The van der Waals surface area contributed by atoms with Crippen LogP contribution in [0.15, 0.2) is 0 Å². The Bertz CT molecular complexity index is 1010. The molecule has 41 heavy (non-hydrogen) atoms. The molecule has 1 saturated carbocycles. The Kier molecular flexibility index (Phi) is 9.94. The number of nitrogens with one attached hydrogen (secondary N) is 2. The highest BCUT2D eigenvalue weighted by atomic mass is 32.1. The first-order chi connectivity index (χ1) is 19.3. The molecule has 232 valence electrons. The Labute approximate surface area is 246 Å². The predicted octanol–water partition coefficient (Wildman–Crippen LogP) is 2.55. The smallest absolute Gasteiger partial charge is 0.327 e. The number of thiol groups is 1. The van der Waals surface area contributed by atoms with Gasteiger partial charge in [0.2, 0.25) is 23.9 Å². The zero-order valence-corrected chi connectivity index (χ0v) is 25.3. The van der Waals surface area contributed by atoms with E-state index in [9.17, 15) is 24.3 Å². The standard InChI is InChI=1S/C28H44N2O10S/c1-14(2)12-19(23(33)30-20(13-41)24(34)35)29-21(31)8-9-22(32)36-25-16(4)18-7-6-15(3)17-10-11-27(5)38-26(37-25)28(17,18)40-39-27/h14-20,25-26,41H,6-13H2,1-5H3,(H,29,31)(H,30,33)(H,34,35)/t15-,16-,17+,18+,19+,20+,25-,26+,27+,28-/m1/s1. The molecule has 0 aromatic rings. The number of hydrogen-bond acceptors (Lipinski definition) is 10. The second kappa shape index (κ2) is 12.7. The van der Waals surface area contributed by atoms with Gasteiger partial charge in [0.1, 0.15) is 12.1 Å². The van der Waals surface area contributed by atoms with Crippen molar-refractivity contribution in [1.82, 2.24) is 10.6 Å². The molecule has 2 bridgehead atoms. The first-order valence-corrected chi connectivity index (χ1v) is 15.3. The summed E-state index contributed by atoms with van der Waals surface area (Å²) in [7, 11) is 0. The molecule has 0 radical (unpaired) electrons. The minimum Gasteiger partial charge on any atom is -0.480 e. The summed E-state index contributed by atoms with van der Waals surface area (Å²) in [5, 5.41) is 14.2. The van der Waals surface area contributed by atoms with E-state index in [4.69, 9.17) is 24.0 Å². The van der Waals surface area contributed by atoms with Gasteiger partial charge < -0.3 is 30.0 Å². The molecule has 5 fully saturated rings. The average molecular weight is 601 g/mol. The summed E-state index contributed by atoms with van der Waals surface area (Å²) in [4.78, 5) is 61.4. The van der Waals surface area contributed by atoms with Crippen LogP contribution in [0.1, 0.15) is 79.6 Å². The lowest BCUT2D eigenvalue weighted by molar-refractivity contribution is -0.576. The largest absolute Gasteiger partial charge is 0.480 e. The second-order valence-electron chi connectivity index (χ2n) is 12.6. The van der Waals surface area contributed by atoms with Gasteiger partial charge in [-0.3, -0.25) is 14.4 Å². The molecule has 0 unspecified atom stereocenters. The maximum atomic E-state index is 12.9. The average Bonchev–Trinajstić information content (AvgIpc) is 3.13. The van der Waals surface area contributed by atoms with Crippen molar-refractivity contribution in [3.05, 3.63) is 0 Å². The molecule has 4 aliphatic heterocycles. The second-order valence-corrected chi connectivity index (χ2v) is 13.0. The molecular formula is C28H44N2O10S. The van der Waals surface area contributed by atoms with Crippen LogP contribution in [-0.4, -0.2) is 70.7 Å². The lowest BCUT2D eigenvalue weighted by atomic mass is 9.58. The van der Waals surface area contributed by atoms with Gasteiger partial charge >= 0.3 is 11.9 Å². The lowest BCUT2D eigenvalue weighted by Gasteiger charge is -2.59. The fourth-order valence-electron chi connectivity index (χ4n) is 6.84. The number of esters is 1.